The first kappa shape index (κ1) is 30.7. The standard InChI is InChI=1S/C50H31N3S/c1-4-12-32(13-5-1)49-43-29-34(22-26-44(43)51-50(52-49)33-14-6-2-7-15-33)36-20-24-39-42-28-35(23-27-45(42)53(46(39)30-36)38-16-8-3-9-17-38)37-21-25-41-40-18-10-11-19-47(40)54-48(41)31-37/h1-31H. The summed E-state index contributed by atoms with van der Waals surface area (Å²) in [5.74, 6) is 0.728. The highest BCUT2D eigenvalue weighted by Crippen LogP contribution is 2.40. The van der Waals surface area contributed by atoms with Crippen molar-refractivity contribution in [1.29, 1.82) is 0 Å². The quantitative estimate of drug-likeness (QED) is 0.178. The van der Waals surface area contributed by atoms with Gasteiger partial charge in [-0.2, -0.15) is 0 Å². The van der Waals surface area contributed by atoms with Crippen molar-refractivity contribution in [3.8, 4) is 50.6 Å². The SMILES string of the molecule is c1ccc(-c2nc(-c3ccccc3)c3cc(-c4ccc5c6cc(-c7ccc8c(c7)sc7ccccc78)ccc6n(-c6ccccc6)c5c4)ccc3n2)cc1. The van der Waals surface area contributed by atoms with E-state index < -0.39 is 0 Å². The average molecular weight is 706 g/mol. The van der Waals surface area contributed by atoms with Crippen LogP contribution in [0.15, 0.2) is 188 Å². The van der Waals surface area contributed by atoms with Crippen LogP contribution in [-0.4, -0.2) is 14.5 Å². The predicted molar refractivity (Wildman–Crippen MR) is 229 cm³/mol. The van der Waals surface area contributed by atoms with E-state index in [0.717, 1.165) is 50.4 Å². The van der Waals surface area contributed by atoms with Crippen molar-refractivity contribution in [2.45, 2.75) is 0 Å². The molecule has 0 unspecified atom stereocenters. The van der Waals surface area contributed by atoms with Crippen LogP contribution in [0.5, 0.6) is 0 Å². The second kappa shape index (κ2) is 12.4. The summed E-state index contributed by atoms with van der Waals surface area (Å²) >= 11 is 1.87. The fourth-order valence-electron chi connectivity index (χ4n) is 7.98. The molecule has 0 atom stereocenters. The van der Waals surface area contributed by atoms with Crippen molar-refractivity contribution in [2.75, 3.05) is 0 Å². The zero-order valence-electron chi connectivity index (χ0n) is 29.1. The summed E-state index contributed by atoms with van der Waals surface area (Å²) in [5, 5.41) is 6.14. The van der Waals surface area contributed by atoms with Gasteiger partial charge in [-0.25, -0.2) is 9.97 Å². The molecule has 54 heavy (non-hydrogen) atoms. The molecular formula is C50H31N3S. The minimum absolute atomic E-state index is 0.728. The molecule has 0 fully saturated rings. The number of fused-ring (bicyclic) bond motifs is 7. The van der Waals surface area contributed by atoms with E-state index in [-0.39, 0.29) is 0 Å². The summed E-state index contributed by atoms with van der Waals surface area (Å²) < 4.78 is 5.05. The Hall–Kier alpha value is -6.88. The molecule has 3 aromatic heterocycles. The van der Waals surface area contributed by atoms with Gasteiger partial charge in [-0.05, 0) is 76.9 Å². The molecular weight excluding hydrogens is 675 g/mol. The van der Waals surface area contributed by atoms with E-state index in [1.54, 1.807) is 0 Å². The number of rotatable bonds is 5. The molecule has 0 aliphatic carbocycles. The van der Waals surface area contributed by atoms with Gasteiger partial charge in [0.1, 0.15) is 0 Å². The van der Waals surface area contributed by atoms with Gasteiger partial charge in [-0.3, -0.25) is 0 Å². The second-order valence-electron chi connectivity index (χ2n) is 13.8. The molecule has 0 amide bonds. The summed E-state index contributed by atoms with van der Waals surface area (Å²) in [7, 11) is 0. The summed E-state index contributed by atoms with van der Waals surface area (Å²) in [6, 6.07) is 67.4. The fraction of sp³-hybridized carbons (Fsp3) is 0. The molecule has 8 aromatic carbocycles. The first-order chi connectivity index (χ1) is 26.7. The van der Waals surface area contributed by atoms with Crippen LogP contribution in [0.25, 0.3) is 103 Å². The van der Waals surface area contributed by atoms with E-state index in [1.165, 1.54) is 53.1 Å². The van der Waals surface area contributed by atoms with Crippen LogP contribution in [0.1, 0.15) is 0 Å². The fourth-order valence-corrected chi connectivity index (χ4v) is 9.13. The third-order valence-electron chi connectivity index (χ3n) is 10.6. The molecule has 0 saturated heterocycles. The van der Waals surface area contributed by atoms with Crippen LogP contribution >= 0.6 is 11.3 Å². The third-order valence-corrected chi connectivity index (χ3v) is 11.7. The van der Waals surface area contributed by atoms with E-state index >= 15 is 0 Å². The maximum atomic E-state index is 5.15. The number of hydrogen-bond donors (Lipinski definition) is 0. The maximum Gasteiger partial charge on any atom is 0.160 e. The van der Waals surface area contributed by atoms with Gasteiger partial charge in [-0.15, -0.1) is 11.3 Å². The zero-order chi connectivity index (χ0) is 35.6. The number of nitrogens with zero attached hydrogens (tertiary/aromatic N) is 3. The van der Waals surface area contributed by atoms with Gasteiger partial charge < -0.3 is 4.57 Å². The van der Waals surface area contributed by atoms with Crippen molar-refractivity contribution >= 4 is 64.2 Å². The minimum Gasteiger partial charge on any atom is -0.309 e. The molecule has 0 aliphatic heterocycles. The normalized spacial score (nSPS) is 11.7. The topological polar surface area (TPSA) is 30.7 Å². The Morgan fingerprint density at radius 3 is 1.74 bits per heavy atom. The molecule has 0 saturated carbocycles. The van der Waals surface area contributed by atoms with Crippen LogP contribution in [0, 0.1) is 0 Å². The van der Waals surface area contributed by atoms with Crippen molar-refractivity contribution in [3.05, 3.63) is 188 Å². The molecule has 0 spiro atoms. The molecule has 0 N–H and O–H groups in total. The van der Waals surface area contributed by atoms with Gasteiger partial charge in [0.05, 0.1) is 22.2 Å². The minimum atomic E-state index is 0.728. The van der Waals surface area contributed by atoms with Gasteiger partial charge in [0.2, 0.25) is 0 Å². The molecule has 0 bridgehead atoms. The van der Waals surface area contributed by atoms with Crippen molar-refractivity contribution in [2.24, 2.45) is 0 Å². The van der Waals surface area contributed by atoms with Gasteiger partial charge in [0, 0.05) is 53.1 Å². The van der Waals surface area contributed by atoms with E-state index in [9.17, 15) is 0 Å². The van der Waals surface area contributed by atoms with Gasteiger partial charge >= 0.3 is 0 Å². The Bertz CT molecular complexity index is 3200. The Morgan fingerprint density at radius 2 is 0.944 bits per heavy atom. The number of thiophene rings is 1. The number of para-hydroxylation sites is 1. The Morgan fingerprint density at radius 1 is 0.352 bits per heavy atom. The first-order valence-electron chi connectivity index (χ1n) is 18.2. The molecule has 252 valence electrons. The van der Waals surface area contributed by atoms with Crippen LogP contribution in [0.2, 0.25) is 0 Å². The van der Waals surface area contributed by atoms with E-state index in [4.69, 9.17) is 9.97 Å². The van der Waals surface area contributed by atoms with E-state index in [1.807, 2.05) is 35.6 Å². The van der Waals surface area contributed by atoms with Crippen LogP contribution in [-0.2, 0) is 0 Å². The van der Waals surface area contributed by atoms with Crippen LogP contribution < -0.4 is 0 Å². The van der Waals surface area contributed by atoms with Crippen LogP contribution in [0.3, 0.4) is 0 Å². The van der Waals surface area contributed by atoms with Gasteiger partial charge in [0.15, 0.2) is 5.82 Å². The molecule has 4 heteroatoms. The summed E-state index contributed by atoms with van der Waals surface area (Å²) in [6.45, 7) is 0. The second-order valence-corrected chi connectivity index (χ2v) is 14.9. The maximum absolute atomic E-state index is 5.15. The van der Waals surface area contributed by atoms with Crippen molar-refractivity contribution in [3.63, 3.8) is 0 Å². The predicted octanol–water partition coefficient (Wildman–Crippen LogP) is 13.8. The Kier molecular flexibility index (Phi) is 7.04. The largest absolute Gasteiger partial charge is 0.309 e. The summed E-state index contributed by atoms with van der Waals surface area (Å²) in [6.07, 6.45) is 0. The highest BCUT2D eigenvalue weighted by molar-refractivity contribution is 7.25. The molecule has 0 radical (unpaired) electrons. The Balaban J connectivity index is 1.08. The number of benzene rings is 8. The van der Waals surface area contributed by atoms with Gasteiger partial charge in [-0.1, -0.05) is 133 Å². The van der Waals surface area contributed by atoms with Gasteiger partial charge in [0.25, 0.3) is 0 Å². The van der Waals surface area contributed by atoms with Crippen molar-refractivity contribution < 1.29 is 0 Å². The highest BCUT2D eigenvalue weighted by Gasteiger charge is 2.17. The summed E-state index contributed by atoms with van der Waals surface area (Å²) in [4.78, 5) is 10.2. The summed E-state index contributed by atoms with van der Waals surface area (Å²) in [5.41, 5.74) is 12.1. The third kappa shape index (κ3) is 5.03. The molecule has 11 aromatic rings. The number of hydrogen-bond acceptors (Lipinski definition) is 3. The lowest BCUT2D eigenvalue weighted by Crippen LogP contribution is -1.96. The lowest BCUT2D eigenvalue weighted by atomic mass is 9.98. The molecule has 0 aliphatic rings. The lowest BCUT2D eigenvalue weighted by Gasteiger charge is -2.12. The monoisotopic (exact) mass is 705 g/mol. The van der Waals surface area contributed by atoms with E-state index in [0.29, 0.717) is 0 Å². The van der Waals surface area contributed by atoms with Crippen molar-refractivity contribution in [1.82, 2.24) is 14.5 Å². The highest BCUT2D eigenvalue weighted by atomic mass is 32.1. The first-order valence-corrected chi connectivity index (χ1v) is 19.1. The lowest BCUT2D eigenvalue weighted by molar-refractivity contribution is 1.18. The average Bonchev–Trinajstić information content (AvgIpc) is 3.78. The molecule has 11 rings (SSSR count). The van der Waals surface area contributed by atoms with E-state index in [2.05, 4.69) is 168 Å². The number of aromatic nitrogens is 3. The molecule has 3 heterocycles. The zero-order valence-corrected chi connectivity index (χ0v) is 30.0. The van der Waals surface area contributed by atoms with Crippen LogP contribution in [0.4, 0.5) is 0 Å². The Labute approximate surface area is 316 Å². The molecule has 3 nitrogen and oxygen atoms in total. The smallest absolute Gasteiger partial charge is 0.160 e.